The Balaban J connectivity index is 2.64. The van der Waals surface area contributed by atoms with Crippen molar-refractivity contribution in [2.24, 2.45) is 0 Å². The number of aromatic carboxylic acids is 1. The molecule has 104 valence electrons. The first-order valence-electron chi connectivity index (χ1n) is 6.19. The lowest BCUT2D eigenvalue weighted by molar-refractivity contribution is -0.129. The number of ether oxygens (including phenoxy) is 1. The Morgan fingerprint density at radius 2 is 2.00 bits per heavy atom. The Morgan fingerprint density at radius 1 is 1.32 bits per heavy atom. The van der Waals surface area contributed by atoms with Gasteiger partial charge in [0, 0.05) is 20.2 Å². The van der Waals surface area contributed by atoms with Crippen molar-refractivity contribution >= 4 is 11.9 Å². The van der Waals surface area contributed by atoms with Crippen molar-refractivity contribution in [3.63, 3.8) is 0 Å². The molecule has 0 radical (unpaired) electrons. The van der Waals surface area contributed by atoms with E-state index in [-0.39, 0.29) is 17.9 Å². The average molecular weight is 265 g/mol. The number of hydrogen-bond acceptors (Lipinski definition) is 3. The van der Waals surface area contributed by atoms with Gasteiger partial charge in [0.25, 0.3) is 0 Å². The van der Waals surface area contributed by atoms with Crippen LogP contribution < -0.4 is 0 Å². The molecule has 0 spiro atoms. The first-order chi connectivity index (χ1) is 9.06. The summed E-state index contributed by atoms with van der Waals surface area (Å²) in [5.74, 6) is -1.13. The van der Waals surface area contributed by atoms with E-state index in [1.54, 1.807) is 30.1 Å². The molecule has 0 fully saturated rings. The lowest BCUT2D eigenvalue weighted by atomic mass is 10.0. The molecule has 0 aliphatic carbocycles. The van der Waals surface area contributed by atoms with Crippen LogP contribution >= 0.6 is 0 Å². The topological polar surface area (TPSA) is 66.8 Å². The van der Waals surface area contributed by atoms with E-state index in [9.17, 15) is 9.59 Å². The number of carboxylic acids is 1. The van der Waals surface area contributed by atoms with E-state index >= 15 is 0 Å². The Morgan fingerprint density at radius 3 is 2.63 bits per heavy atom. The first-order valence-corrected chi connectivity index (χ1v) is 6.19. The van der Waals surface area contributed by atoms with Crippen molar-refractivity contribution in [2.75, 3.05) is 26.8 Å². The van der Waals surface area contributed by atoms with Gasteiger partial charge in [0.15, 0.2) is 0 Å². The van der Waals surface area contributed by atoms with Crippen LogP contribution in [0.3, 0.4) is 0 Å². The van der Waals surface area contributed by atoms with E-state index in [0.29, 0.717) is 25.3 Å². The predicted octanol–water partition coefficient (Wildman–Crippen LogP) is 1.42. The molecule has 19 heavy (non-hydrogen) atoms. The molecule has 0 aromatic heterocycles. The van der Waals surface area contributed by atoms with Crippen molar-refractivity contribution in [2.45, 2.75) is 13.3 Å². The van der Waals surface area contributed by atoms with Crippen LogP contribution in [0.25, 0.3) is 0 Å². The minimum Gasteiger partial charge on any atom is -0.478 e. The molecule has 0 unspecified atom stereocenters. The summed E-state index contributed by atoms with van der Waals surface area (Å²) in [6.07, 6.45) is 0.0884. The highest BCUT2D eigenvalue weighted by molar-refractivity contribution is 5.91. The van der Waals surface area contributed by atoms with Gasteiger partial charge in [-0.25, -0.2) is 4.79 Å². The number of nitrogens with zero attached hydrogens (tertiary/aromatic N) is 1. The van der Waals surface area contributed by atoms with Gasteiger partial charge < -0.3 is 14.7 Å². The van der Waals surface area contributed by atoms with Crippen LogP contribution in [0.15, 0.2) is 24.3 Å². The third-order valence-corrected chi connectivity index (χ3v) is 2.79. The highest BCUT2D eigenvalue weighted by Gasteiger charge is 2.14. The molecule has 5 heteroatoms. The second kappa shape index (κ2) is 7.53. The van der Waals surface area contributed by atoms with Crippen LogP contribution in [0.1, 0.15) is 22.8 Å². The molecular formula is C14H19NO4. The molecule has 0 saturated carbocycles. The predicted molar refractivity (Wildman–Crippen MR) is 71.2 cm³/mol. The molecule has 0 heterocycles. The lowest BCUT2D eigenvalue weighted by Crippen LogP contribution is -2.31. The maximum Gasteiger partial charge on any atom is 0.335 e. The summed E-state index contributed by atoms with van der Waals surface area (Å²) < 4.78 is 5.18. The summed E-state index contributed by atoms with van der Waals surface area (Å²) in [4.78, 5) is 24.5. The molecule has 0 atom stereocenters. The molecule has 1 aromatic carbocycles. The lowest BCUT2D eigenvalue weighted by Gasteiger charge is -2.17. The molecule has 0 aliphatic rings. The summed E-state index contributed by atoms with van der Waals surface area (Å²) in [6, 6.07) is 6.55. The molecule has 1 amide bonds. The SMILES string of the molecule is CCOCCN(C)C(=O)Cc1ccccc1C(=O)O. The van der Waals surface area contributed by atoms with Gasteiger partial charge in [0.05, 0.1) is 18.6 Å². The second-order valence-corrected chi connectivity index (χ2v) is 4.15. The van der Waals surface area contributed by atoms with Crippen molar-refractivity contribution in [3.05, 3.63) is 35.4 Å². The number of carbonyl (C=O) groups excluding carboxylic acids is 1. The summed E-state index contributed by atoms with van der Waals surface area (Å²) in [5.41, 5.74) is 0.706. The third kappa shape index (κ3) is 4.71. The van der Waals surface area contributed by atoms with Gasteiger partial charge in [0.1, 0.15) is 0 Å². The van der Waals surface area contributed by atoms with Crippen LogP contribution in [-0.4, -0.2) is 48.7 Å². The van der Waals surface area contributed by atoms with Crippen molar-refractivity contribution in [1.29, 1.82) is 0 Å². The number of carboxylic acid groups (broad SMARTS) is 1. The van der Waals surface area contributed by atoms with Gasteiger partial charge in [0.2, 0.25) is 5.91 Å². The van der Waals surface area contributed by atoms with E-state index in [4.69, 9.17) is 9.84 Å². The molecular weight excluding hydrogens is 246 g/mol. The van der Waals surface area contributed by atoms with Crippen LogP contribution in [0.5, 0.6) is 0 Å². The Labute approximate surface area is 112 Å². The van der Waals surface area contributed by atoms with E-state index in [2.05, 4.69) is 0 Å². The fourth-order valence-electron chi connectivity index (χ4n) is 1.65. The van der Waals surface area contributed by atoms with Gasteiger partial charge >= 0.3 is 5.97 Å². The number of amides is 1. The molecule has 0 aliphatic heterocycles. The smallest absolute Gasteiger partial charge is 0.335 e. The van der Waals surface area contributed by atoms with Gasteiger partial charge in [-0.2, -0.15) is 0 Å². The van der Waals surface area contributed by atoms with Crippen molar-refractivity contribution in [1.82, 2.24) is 4.90 Å². The standard InChI is InChI=1S/C14H19NO4/c1-3-19-9-8-15(2)13(16)10-11-6-4-5-7-12(11)14(17)18/h4-7H,3,8-10H2,1-2H3,(H,17,18). The van der Waals surface area contributed by atoms with E-state index in [1.165, 1.54) is 6.07 Å². The molecule has 1 N–H and O–H groups in total. The van der Waals surface area contributed by atoms with Crippen LogP contribution in [0, 0.1) is 0 Å². The Hall–Kier alpha value is -1.88. The Bertz CT molecular complexity index is 445. The maximum atomic E-state index is 12.0. The number of hydrogen-bond donors (Lipinski definition) is 1. The minimum atomic E-state index is -1.01. The highest BCUT2D eigenvalue weighted by Crippen LogP contribution is 2.10. The molecule has 1 aromatic rings. The first kappa shape index (κ1) is 15.2. The molecule has 0 saturated heterocycles. The zero-order valence-corrected chi connectivity index (χ0v) is 11.3. The van der Waals surface area contributed by atoms with Crippen LogP contribution in [-0.2, 0) is 16.0 Å². The fraction of sp³-hybridized carbons (Fsp3) is 0.429. The largest absolute Gasteiger partial charge is 0.478 e. The average Bonchev–Trinajstić information content (AvgIpc) is 2.39. The van der Waals surface area contributed by atoms with Gasteiger partial charge in [-0.05, 0) is 18.6 Å². The third-order valence-electron chi connectivity index (χ3n) is 2.79. The number of likely N-dealkylation sites (N-methyl/N-ethyl adjacent to an activating group) is 1. The molecule has 0 bridgehead atoms. The zero-order valence-electron chi connectivity index (χ0n) is 11.3. The summed E-state index contributed by atoms with van der Waals surface area (Å²) in [6.45, 7) is 3.50. The Kier molecular flexibility index (Phi) is 6.02. The van der Waals surface area contributed by atoms with Gasteiger partial charge in [-0.1, -0.05) is 18.2 Å². The number of benzene rings is 1. The van der Waals surface area contributed by atoms with Crippen molar-refractivity contribution in [3.8, 4) is 0 Å². The van der Waals surface area contributed by atoms with Gasteiger partial charge in [-0.15, -0.1) is 0 Å². The van der Waals surface area contributed by atoms with Gasteiger partial charge in [-0.3, -0.25) is 4.79 Å². The number of rotatable bonds is 7. The number of carbonyl (C=O) groups is 2. The second-order valence-electron chi connectivity index (χ2n) is 4.15. The zero-order chi connectivity index (χ0) is 14.3. The summed E-state index contributed by atoms with van der Waals surface area (Å²) in [5, 5.41) is 9.05. The van der Waals surface area contributed by atoms with Crippen molar-refractivity contribution < 1.29 is 19.4 Å². The quantitative estimate of drug-likeness (QED) is 0.757. The van der Waals surface area contributed by atoms with E-state index in [0.717, 1.165) is 0 Å². The van der Waals surface area contributed by atoms with E-state index in [1.807, 2.05) is 6.92 Å². The van der Waals surface area contributed by atoms with E-state index < -0.39 is 5.97 Å². The molecule has 1 rings (SSSR count). The summed E-state index contributed by atoms with van der Waals surface area (Å²) in [7, 11) is 1.69. The molecule has 5 nitrogen and oxygen atoms in total. The summed E-state index contributed by atoms with van der Waals surface area (Å²) >= 11 is 0. The maximum absolute atomic E-state index is 12.0. The minimum absolute atomic E-state index is 0.0884. The monoisotopic (exact) mass is 265 g/mol. The van der Waals surface area contributed by atoms with Crippen LogP contribution in [0.4, 0.5) is 0 Å². The fourth-order valence-corrected chi connectivity index (χ4v) is 1.65. The highest BCUT2D eigenvalue weighted by atomic mass is 16.5. The normalized spacial score (nSPS) is 10.2. The van der Waals surface area contributed by atoms with Crippen LogP contribution in [0.2, 0.25) is 0 Å².